The molecule has 0 heterocycles. The number of rotatable bonds is 3. The average Bonchev–Trinajstić information content (AvgIpc) is 2.41. The van der Waals surface area contributed by atoms with Crippen molar-refractivity contribution in [2.24, 2.45) is 5.73 Å². The van der Waals surface area contributed by atoms with E-state index in [2.05, 4.69) is 43.8 Å². The molecule has 6 heteroatoms. The predicted octanol–water partition coefficient (Wildman–Crippen LogP) is 3.40. The van der Waals surface area contributed by atoms with E-state index in [0.717, 1.165) is 3.57 Å². The first-order valence-electron chi connectivity index (χ1n) is 5.63. The van der Waals surface area contributed by atoms with E-state index in [1.165, 1.54) is 0 Å². The minimum Gasteiger partial charge on any atom is -0.366 e. The maximum absolute atomic E-state index is 12.2. The van der Waals surface area contributed by atoms with Gasteiger partial charge in [0.05, 0.1) is 5.56 Å². The van der Waals surface area contributed by atoms with Crippen molar-refractivity contribution < 1.29 is 9.59 Å². The van der Waals surface area contributed by atoms with E-state index in [1.807, 2.05) is 12.1 Å². The van der Waals surface area contributed by atoms with E-state index >= 15 is 0 Å². The molecule has 0 atom stereocenters. The SMILES string of the molecule is NC(=O)c1cccc(NC(=O)c2cc(I)ccc2Br)c1. The molecule has 2 aromatic carbocycles. The molecule has 0 bridgehead atoms. The molecule has 0 fully saturated rings. The van der Waals surface area contributed by atoms with Crippen LogP contribution in [-0.4, -0.2) is 11.8 Å². The van der Waals surface area contributed by atoms with E-state index in [-0.39, 0.29) is 5.91 Å². The van der Waals surface area contributed by atoms with Crippen LogP contribution in [0.3, 0.4) is 0 Å². The van der Waals surface area contributed by atoms with Gasteiger partial charge in [0.2, 0.25) is 5.91 Å². The summed E-state index contributed by atoms with van der Waals surface area (Å²) in [6, 6.07) is 12.0. The van der Waals surface area contributed by atoms with Crippen molar-refractivity contribution in [2.45, 2.75) is 0 Å². The molecular formula is C14H10BrIN2O2. The number of halogens is 2. The number of amides is 2. The van der Waals surface area contributed by atoms with Crippen molar-refractivity contribution in [1.82, 2.24) is 0 Å². The van der Waals surface area contributed by atoms with Crippen LogP contribution in [-0.2, 0) is 0 Å². The van der Waals surface area contributed by atoms with Gasteiger partial charge in [0.1, 0.15) is 0 Å². The van der Waals surface area contributed by atoms with E-state index in [4.69, 9.17) is 5.73 Å². The standard InChI is InChI=1S/C14H10BrIN2O2/c15-12-5-4-9(16)7-11(12)14(20)18-10-3-1-2-8(6-10)13(17)19/h1-7H,(H2,17,19)(H,18,20). The summed E-state index contributed by atoms with van der Waals surface area (Å²) in [5.41, 5.74) is 6.61. The number of benzene rings is 2. The van der Waals surface area contributed by atoms with Gasteiger partial charge in [-0.1, -0.05) is 6.07 Å². The quantitative estimate of drug-likeness (QED) is 0.712. The minimum atomic E-state index is -0.531. The van der Waals surface area contributed by atoms with E-state index in [9.17, 15) is 9.59 Å². The summed E-state index contributed by atoms with van der Waals surface area (Å²) in [5, 5.41) is 2.74. The van der Waals surface area contributed by atoms with Crippen molar-refractivity contribution >= 4 is 56.0 Å². The van der Waals surface area contributed by atoms with Gasteiger partial charge in [0.15, 0.2) is 0 Å². The third-order valence-corrected chi connectivity index (χ3v) is 3.94. The lowest BCUT2D eigenvalue weighted by molar-refractivity contribution is 0.0996. The van der Waals surface area contributed by atoms with Gasteiger partial charge in [-0.3, -0.25) is 9.59 Å². The Kier molecular flexibility index (Phi) is 4.77. The number of carbonyl (C=O) groups is 2. The highest BCUT2D eigenvalue weighted by Gasteiger charge is 2.11. The Hall–Kier alpha value is -1.41. The van der Waals surface area contributed by atoms with Crippen LogP contribution in [0.2, 0.25) is 0 Å². The van der Waals surface area contributed by atoms with Crippen molar-refractivity contribution in [2.75, 3.05) is 5.32 Å². The fourth-order valence-corrected chi connectivity index (χ4v) is 2.54. The minimum absolute atomic E-state index is 0.253. The summed E-state index contributed by atoms with van der Waals surface area (Å²) in [7, 11) is 0. The normalized spacial score (nSPS) is 10.1. The highest BCUT2D eigenvalue weighted by Crippen LogP contribution is 2.21. The van der Waals surface area contributed by atoms with Crippen LogP contribution in [0.15, 0.2) is 46.9 Å². The number of hydrogen-bond acceptors (Lipinski definition) is 2. The van der Waals surface area contributed by atoms with Crippen LogP contribution in [0.1, 0.15) is 20.7 Å². The van der Waals surface area contributed by atoms with Gasteiger partial charge in [0.25, 0.3) is 5.91 Å². The first kappa shape index (κ1) is 15.0. The van der Waals surface area contributed by atoms with Crippen LogP contribution in [0.4, 0.5) is 5.69 Å². The highest BCUT2D eigenvalue weighted by atomic mass is 127. The number of carbonyl (C=O) groups excluding carboxylic acids is 2. The van der Waals surface area contributed by atoms with Crippen molar-refractivity contribution in [1.29, 1.82) is 0 Å². The van der Waals surface area contributed by atoms with Gasteiger partial charge in [-0.05, 0) is 74.9 Å². The van der Waals surface area contributed by atoms with Crippen LogP contribution in [0.25, 0.3) is 0 Å². The molecule has 0 radical (unpaired) electrons. The summed E-state index contributed by atoms with van der Waals surface area (Å²) < 4.78 is 1.67. The van der Waals surface area contributed by atoms with Crippen molar-refractivity contribution in [3.8, 4) is 0 Å². The summed E-state index contributed by atoms with van der Waals surface area (Å²) in [6.07, 6.45) is 0. The van der Waals surface area contributed by atoms with Gasteiger partial charge in [-0.25, -0.2) is 0 Å². The predicted molar refractivity (Wildman–Crippen MR) is 89.8 cm³/mol. The zero-order valence-electron chi connectivity index (χ0n) is 10.2. The first-order chi connectivity index (χ1) is 9.47. The van der Waals surface area contributed by atoms with E-state index in [1.54, 1.807) is 30.3 Å². The molecule has 0 saturated carbocycles. The molecule has 3 N–H and O–H groups in total. The number of nitrogens with one attached hydrogen (secondary N) is 1. The third kappa shape index (κ3) is 3.57. The Morgan fingerprint density at radius 1 is 1.15 bits per heavy atom. The summed E-state index contributed by atoms with van der Waals surface area (Å²) in [5.74, 6) is -0.784. The fourth-order valence-electron chi connectivity index (χ4n) is 1.62. The molecule has 0 aliphatic heterocycles. The molecule has 0 aliphatic carbocycles. The van der Waals surface area contributed by atoms with Gasteiger partial charge in [-0.15, -0.1) is 0 Å². The smallest absolute Gasteiger partial charge is 0.256 e. The zero-order valence-corrected chi connectivity index (χ0v) is 13.9. The molecule has 4 nitrogen and oxygen atoms in total. The molecule has 0 unspecified atom stereocenters. The second-order valence-corrected chi connectivity index (χ2v) is 6.12. The number of hydrogen-bond donors (Lipinski definition) is 2. The first-order valence-corrected chi connectivity index (χ1v) is 7.51. The Bertz CT molecular complexity index is 689. The third-order valence-electron chi connectivity index (χ3n) is 2.58. The number of nitrogens with two attached hydrogens (primary N) is 1. The second-order valence-electron chi connectivity index (χ2n) is 4.02. The van der Waals surface area contributed by atoms with Gasteiger partial charge >= 0.3 is 0 Å². The number of anilines is 1. The lowest BCUT2D eigenvalue weighted by Crippen LogP contribution is -2.15. The lowest BCUT2D eigenvalue weighted by Gasteiger charge is -2.08. The molecule has 2 aromatic rings. The highest BCUT2D eigenvalue weighted by molar-refractivity contribution is 14.1. The largest absolute Gasteiger partial charge is 0.366 e. The molecule has 20 heavy (non-hydrogen) atoms. The van der Waals surface area contributed by atoms with Gasteiger partial charge < -0.3 is 11.1 Å². The van der Waals surface area contributed by atoms with E-state index in [0.29, 0.717) is 21.3 Å². The van der Waals surface area contributed by atoms with Crippen LogP contribution in [0.5, 0.6) is 0 Å². The maximum atomic E-state index is 12.2. The van der Waals surface area contributed by atoms with Gasteiger partial charge in [-0.2, -0.15) is 0 Å². The molecule has 102 valence electrons. The maximum Gasteiger partial charge on any atom is 0.256 e. The molecular weight excluding hydrogens is 435 g/mol. The second kappa shape index (κ2) is 6.36. The van der Waals surface area contributed by atoms with Crippen LogP contribution in [0, 0.1) is 3.57 Å². The summed E-state index contributed by atoms with van der Waals surface area (Å²) >= 11 is 5.48. The molecule has 0 saturated heterocycles. The molecule has 0 aromatic heterocycles. The summed E-state index contributed by atoms with van der Waals surface area (Å²) in [6.45, 7) is 0. The zero-order chi connectivity index (χ0) is 14.7. The molecule has 0 aliphatic rings. The molecule has 2 rings (SSSR count). The Balaban J connectivity index is 2.25. The average molecular weight is 445 g/mol. The van der Waals surface area contributed by atoms with Crippen LogP contribution < -0.4 is 11.1 Å². The monoisotopic (exact) mass is 444 g/mol. The Morgan fingerprint density at radius 3 is 2.60 bits per heavy atom. The topological polar surface area (TPSA) is 72.2 Å². The van der Waals surface area contributed by atoms with Crippen molar-refractivity contribution in [3.05, 3.63) is 61.6 Å². The van der Waals surface area contributed by atoms with Crippen molar-refractivity contribution in [3.63, 3.8) is 0 Å². The summed E-state index contributed by atoms with van der Waals surface area (Å²) in [4.78, 5) is 23.3. The Labute approximate surface area is 138 Å². The lowest BCUT2D eigenvalue weighted by atomic mass is 10.1. The molecule has 2 amide bonds. The Morgan fingerprint density at radius 2 is 1.90 bits per heavy atom. The number of primary amides is 1. The molecule has 0 spiro atoms. The van der Waals surface area contributed by atoms with Gasteiger partial charge in [0, 0.05) is 19.3 Å². The van der Waals surface area contributed by atoms with Crippen LogP contribution >= 0.6 is 38.5 Å². The van der Waals surface area contributed by atoms with E-state index < -0.39 is 5.91 Å². The fraction of sp³-hybridized carbons (Fsp3) is 0.